The Bertz CT molecular complexity index is 530. The molecule has 0 spiro atoms. The number of hydrogen-bond donors (Lipinski definition) is 2. The van der Waals surface area contributed by atoms with Crippen LogP contribution in [0.15, 0.2) is 0 Å². The number of carbonyl (C=O) groups is 1. The molecule has 142 valence electrons. The van der Waals surface area contributed by atoms with Crippen LogP contribution in [0.4, 0.5) is 4.79 Å². The zero-order chi connectivity index (χ0) is 17.1. The second kappa shape index (κ2) is 4.81. The minimum absolute atomic E-state index is 0.159. The van der Waals surface area contributed by atoms with E-state index in [0.29, 0.717) is 22.9 Å². The van der Waals surface area contributed by atoms with Crippen molar-refractivity contribution in [1.82, 2.24) is 10.6 Å². The molecular formula is C23H34N2O. The molecule has 1 saturated heterocycles. The molecule has 2 atom stereocenters. The molecule has 3 nitrogen and oxygen atoms in total. The number of amides is 2. The van der Waals surface area contributed by atoms with Crippen LogP contribution in [0.3, 0.4) is 0 Å². The van der Waals surface area contributed by atoms with Gasteiger partial charge in [-0.2, -0.15) is 0 Å². The Hall–Kier alpha value is -0.730. The van der Waals surface area contributed by atoms with Gasteiger partial charge < -0.3 is 10.6 Å². The van der Waals surface area contributed by atoms with Crippen molar-refractivity contribution in [3.63, 3.8) is 0 Å². The van der Waals surface area contributed by atoms with Crippen molar-refractivity contribution >= 4 is 6.03 Å². The van der Waals surface area contributed by atoms with E-state index < -0.39 is 0 Å². The highest BCUT2D eigenvalue weighted by Crippen LogP contribution is 2.66. The first-order chi connectivity index (χ1) is 12.6. The Balaban J connectivity index is 1.27. The van der Waals surface area contributed by atoms with Gasteiger partial charge in [-0.1, -0.05) is 0 Å². The quantitative estimate of drug-likeness (QED) is 0.755. The van der Waals surface area contributed by atoms with E-state index in [0.717, 1.165) is 35.5 Å². The molecule has 8 bridgehead atoms. The summed E-state index contributed by atoms with van der Waals surface area (Å²) in [5.41, 5.74) is 0.865. The molecule has 9 aliphatic rings. The highest BCUT2D eigenvalue weighted by atomic mass is 16.2. The van der Waals surface area contributed by atoms with Gasteiger partial charge in [0.05, 0.1) is 12.1 Å². The zero-order valence-corrected chi connectivity index (χ0v) is 16.0. The molecule has 0 aromatic carbocycles. The maximum Gasteiger partial charge on any atom is 0.315 e. The van der Waals surface area contributed by atoms with E-state index in [1.807, 2.05) is 0 Å². The van der Waals surface area contributed by atoms with Crippen molar-refractivity contribution in [2.75, 3.05) is 0 Å². The molecule has 2 N–H and O–H groups in total. The van der Waals surface area contributed by atoms with Crippen LogP contribution in [0.2, 0.25) is 0 Å². The molecule has 8 saturated carbocycles. The molecule has 8 aliphatic carbocycles. The zero-order valence-electron chi connectivity index (χ0n) is 16.0. The molecule has 0 radical (unpaired) electrons. The SMILES string of the molecule is O=C1N[C@H](C23CC4CC(CC(C4)C2)C3)[C@@H](C23CC4CC(CC(C4)C2)C3)N1. The number of carbonyl (C=O) groups excluding carboxylic acids is 1. The summed E-state index contributed by atoms with van der Waals surface area (Å²) in [7, 11) is 0. The number of nitrogens with one attached hydrogen (secondary N) is 2. The van der Waals surface area contributed by atoms with Crippen LogP contribution < -0.4 is 10.6 Å². The summed E-state index contributed by atoms with van der Waals surface area (Å²) in [6, 6.07) is 1.02. The largest absolute Gasteiger partial charge is 0.333 e. The van der Waals surface area contributed by atoms with E-state index in [1.54, 1.807) is 0 Å². The first-order valence-corrected chi connectivity index (χ1v) is 11.7. The van der Waals surface area contributed by atoms with E-state index in [1.165, 1.54) is 77.0 Å². The summed E-state index contributed by atoms with van der Waals surface area (Å²) in [4.78, 5) is 12.6. The lowest BCUT2D eigenvalue weighted by molar-refractivity contribution is -0.112. The third kappa shape index (κ3) is 1.93. The van der Waals surface area contributed by atoms with Gasteiger partial charge >= 0.3 is 6.03 Å². The van der Waals surface area contributed by atoms with Crippen molar-refractivity contribution in [3.8, 4) is 0 Å². The highest BCUT2D eigenvalue weighted by molar-refractivity contribution is 5.78. The lowest BCUT2D eigenvalue weighted by Gasteiger charge is -2.63. The van der Waals surface area contributed by atoms with Crippen LogP contribution in [-0.2, 0) is 0 Å². The molecule has 3 heteroatoms. The van der Waals surface area contributed by atoms with E-state index in [-0.39, 0.29) is 6.03 Å². The molecular weight excluding hydrogens is 320 g/mol. The Kier molecular flexibility index (Phi) is 2.82. The Morgan fingerprint density at radius 1 is 0.538 bits per heavy atom. The Morgan fingerprint density at radius 3 is 1.08 bits per heavy atom. The average Bonchev–Trinajstić information content (AvgIpc) is 2.96. The fourth-order valence-electron chi connectivity index (χ4n) is 10.6. The molecule has 26 heavy (non-hydrogen) atoms. The fraction of sp³-hybridized carbons (Fsp3) is 0.957. The fourth-order valence-corrected chi connectivity index (χ4v) is 10.6. The topological polar surface area (TPSA) is 41.1 Å². The van der Waals surface area contributed by atoms with E-state index in [2.05, 4.69) is 10.6 Å². The molecule has 9 rings (SSSR count). The van der Waals surface area contributed by atoms with Gasteiger partial charge in [-0.3, -0.25) is 0 Å². The van der Waals surface area contributed by atoms with Gasteiger partial charge in [-0.05, 0) is 123 Å². The molecule has 0 unspecified atom stereocenters. The van der Waals surface area contributed by atoms with Gasteiger partial charge in [0.1, 0.15) is 0 Å². The highest BCUT2D eigenvalue weighted by Gasteiger charge is 2.63. The summed E-state index contributed by atoms with van der Waals surface area (Å²) in [5, 5.41) is 7.07. The summed E-state index contributed by atoms with van der Waals surface area (Å²) in [6.45, 7) is 0. The number of rotatable bonds is 2. The first-order valence-electron chi connectivity index (χ1n) is 11.7. The summed E-state index contributed by atoms with van der Waals surface area (Å²) < 4.78 is 0. The van der Waals surface area contributed by atoms with Gasteiger partial charge in [-0.25, -0.2) is 4.79 Å². The molecule has 1 heterocycles. The molecule has 1 aliphatic heterocycles. The van der Waals surface area contributed by atoms with Crippen LogP contribution >= 0.6 is 0 Å². The molecule has 2 amide bonds. The maximum absolute atomic E-state index is 12.6. The predicted molar refractivity (Wildman–Crippen MR) is 100 cm³/mol. The van der Waals surface area contributed by atoms with Gasteiger partial charge in [0.25, 0.3) is 0 Å². The Labute approximate surface area is 157 Å². The van der Waals surface area contributed by atoms with Gasteiger partial charge in [0.2, 0.25) is 0 Å². The minimum Gasteiger partial charge on any atom is -0.333 e. The van der Waals surface area contributed by atoms with Gasteiger partial charge in [0.15, 0.2) is 0 Å². The van der Waals surface area contributed by atoms with Crippen LogP contribution in [-0.4, -0.2) is 18.1 Å². The monoisotopic (exact) mass is 354 g/mol. The van der Waals surface area contributed by atoms with Crippen molar-refractivity contribution in [2.24, 2.45) is 46.3 Å². The number of hydrogen-bond acceptors (Lipinski definition) is 1. The van der Waals surface area contributed by atoms with E-state index >= 15 is 0 Å². The van der Waals surface area contributed by atoms with E-state index in [4.69, 9.17) is 0 Å². The Morgan fingerprint density at radius 2 is 0.808 bits per heavy atom. The smallest absolute Gasteiger partial charge is 0.315 e. The van der Waals surface area contributed by atoms with Crippen LogP contribution in [0, 0.1) is 46.3 Å². The van der Waals surface area contributed by atoms with Crippen molar-refractivity contribution in [1.29, 1.82) is 0 Å². The van der Waals surface area contributed by atoms with Crippen molar-refractivity contribution < 1.29 is 4.79 Å². The first kappa shape index (κ1) is 15.2. The number of urea groups is 1. The van der Waals surface area contributed by atoms with Crippen LogP contribution in [0.25, 0.3) is 0 Å². The van der Waals surface area contributed by atoms with Crippen molar-refractivity contribution in [2.45, 2.75) is 89.1 Å². The molecule has 0 aromatic heterocycles. The lowest BCUT2D eigenvalue weighted by Crippen LogP contribution is -2.64. The third-order valence-corrected chi connectivity index (χ3v) is 10.4. The normalized spacial score (nSPS) is 61.8. The van der Waals surface area contributed by atoms with Gasteiger partial charge in [-0.15, -0.1) is 0 Å². The maximum atomic E-state index is 12.6. The summed E-state index contributed by atoms with van der Waals surface area (Å²) in [6.07, 6.45) is 17.4. The third-order valence-electron chi connectivity index (χ3n) is 10.4. The average molecular weight is 355 g/mol. The van der Waals surface area contributed by atoms with Crippen LogP contribution in [0.5, 0.6) is 0 Å². The predicted octanol–water partition coefficient (Wildman–Crippen LogP) is 4.47. The summed E-state index contributed by atoms with van der Waals surface area (Å²) >= 11 is 0. The molecule has 9 fully saturated rings. The van der Waals surface area contributed by atoms with Crippen molar-refractivity contribution in [3.05, 3.63) is 0 Å². The lowest BCUT2D eigenvalue weighted by atomic mass is 9.43. The second-order valence-corrected chi connectivity index (χ2v) is 12.1. The summed E-state index contributed by atoms with van der Waals surface area (Å²) in [5.74, 6) is 5.81. The standard InChI is InChI=1S/C23H34N2O/c26-21-24-19(22-7-13-1-14(8-22)3-15(2-13)9-22)20(25-21)23-10-16-4-17(11-23)6-18(5-16)12-23/h13-20H,1-12H2,(H2,24,25,26)/t13?,14?,15?,16?,17?,18?,19-,20-,22?,23?/m0/s1. The minimum atomic E-state index is 0.159. The second-order valence-electron chi connectivity index (χ2n) is 12.1. The van der Waals surface area contributed by atoms with Crippen LogP contribution in [0.1, 0.15) is 77.0 Å². The molecule has 0 aromatic rings. The van der Waals surface area contributed by atoms with Gasteiger partial charge in [0, 0.05) is 0 Å². The van der Waals surface area contributed by atoms with E-state index in [9.17, 15) is 4.79 Å².